The Morgan fingerprint density at radius 3 is 1.75 bits per heavy atom. The van der Waals surface area contributed by atoms with Gasteiger partial charge in [0, 0.05) is 55.8 Å². The van der Waals surface area contributed by atoms with Gasteiger partial charge in [-0.05, 0) is 133 Å². The fraction of sp³-hybridized carbons (Fsp3) is 0.435. The van der Waals surface area contributed by atoms with E-state index in [1.165, 1.54) is 11.1 Å². The first kappa shape index (κ1) is 59.9. The van der Waals surface area contributed by atoms with E-state index in [1.54, 1.807) is 35.9 Å². The second-order valence-corrected chi connectivity index (χ2v) is 24.5. The van der Waals surface area contributed by atoms with Gasteiger partial charge < -0.3 is 36.4 Å². The summed E-state index contributed by atoms with van der Waals surface area (Å²) in [4.78, 5) is 103. The fourth-order valence-corrected chi connectivity index (χ4v) is 12.4. The van der Waals surface area contributed by atoms with E-state index in [0.717, 1.165) is 77.5 Å². The molecule has 14 nitrogen and oxygen atoms in total. The molecule has 0 saturated carbocycles. The molecular formula is C69H83N7O7. The highest BCUT2D eigenvalue weighted by Crippen LogP contribution is 2.36. The predicted octanol–water partition coefficient (Wildman–Crippen LogP) is 9.20. The molecular weight excluding hydrogens is 1040 g/mol. The Hall–Kier alpha value is -7.71. The van der Waals surface area contributed by atoms with E-state index >= 15 is 0 Å². The van der Waals surface area contributed by atoms with Crippen LogP contribution in [0.3, 0.4) is 0 Å². The molecule has 5 N–H and O–H groups in total. The minimum Gasteiger partial charge on any atom is -0.347 e. The Morgan fingerprint density at radius 2 is 1.18 bits per heavy atom. The molecule has 5 aromatic rings. The van der Waals surface area contributed by atoms with Gasteiger partial charge in [0.05, 0.1) is 18.1 Å². The van der Waals surface area contributed by atoms with Gasteiger partial charge >= 0.3 is 0 Å². The third kappa shape index (κ3) is 14.4. The number of benzene rings is 5. The van der Waals surface area contributed by atoms with Gasteiger partial charge in [-0.3, -0.25) is 33.6 Å². The molecule has 4 aliphatic rings. The van der Waals surface area contributed by atoms with E-state index in [9.17, 15) is 33.6 Å². The molecule has 436 valence electrons. The van der Waals surface area contributed by atoms with Gasteiger partial charge in [0.1, 0.15) is 23.9 Å². The van der Waals surface area contributed by atoms with Gasteiger partial charge in [-0.1, -0.05) is 156 Å². The zero-order chi connectivity index (χ0) is 59.0. The van der Waals surface area contributed by atoms with Gasteiger partial charge in [-0.2, -0.15) is 0 Å². The lowest BCUT2D eigenvalue weighted by atomic mass is 9.76. The standard InChI is InChI=1S/C69H83N7O7/c1-8-43(2)63(78)74-59(68(83)75-41-52-20-10-9-19-51(52)38-60(75)65(80)72-57-25-15-21-48-17-11-13-23-54(48)57)37-47-31-29-45(30-32-47)27-28-46-33-35-50(36-34-46)64(79)71-53-39-61(66(81)73-58-26-16-22-49-18-12-14-24-55(49)58)76(42-53)67(82)56(69(4,5)6)40-62(77)44(3)70-7/h9-14,17-20,23-24,27-36,43-44,53,56-61,70H,8,15-16,21-22,25-26,37-42H2,1-7H3,(H,71,79)(H,72,80)(H,73,81)(H,74,78)/b28-27+/t43-,44+,53?,56-,57-,58-,59+,60?,61?/m1/s1. The number of likely N-dealkylation sites (tertiary alicyclic amines) is 1. The molecule has 0 radical (unpaired) electrons. The number of Topliss-reactive ketones (excluding diaryl/α,β-unsaturated/α-hetero) is 1. The molecule has 2 aliphatic carbocycles. The summed E-state index contributed by atoms with van der Waals surface area (Å²) in [6, 6.07) is 35.5. The van der Waals surface area contributed by atoms with Crippen LogP contribution in [0.4, 0.5) is 0 Å². The number of hydrogen-bond acceptors (Lipinski definition) is 8. The summed E-state index contributed by atoms with van der Waals surface area (Å²) in [5.74, 6) is -2.67. The van der Waals surface area contributed by atoms with E-state index in [0.29, 0.717) is 18.4 Å². The maximum absolute atomic E-state index is 15.0. The molecule has 5 aromatic carbocycles. The number of hydrogen-bond donors (Lipinski definition) is 5. The molecule has 83 heavy (non-hydrogen) atoms. The Labute approximate surface area is 490 Å². The molecule has 9 rings (SSSR count). The average molecular weight is 1120 g/mol. The zero-order valence-corrected chi connectivity index (χ0v) is 49.3. The maximum atomic E-state index is 15.0. The molecule has 0 aromatic heterocycles. The molecule has 6 amide bonds. The van der Waals surface area contributed by atoms with Crippen LogP contribution in [0.2, 0.25) is 0 Å². The van der Waals surface area contributed by atoms with Crippen molar-refractivity contribution in [1.82, 2.24) is 36.4 Å². The predicted molar refractivity (Wildman–Crippen MR) is 324 cm³/mol. The second-order valence-electron chi connectivity index (χ2n) is 24.5. The Balaban J connectivity index is 0.863. The normalized spacial score (nSPS) is 20.8. The van der Waals surface area contributed by atoms with Gasteiger partial charge in [-0.15, -0.1) is 0 Å². The number of fused-ring (bicyclic) bond motifs is 3. The Kier molecular flexibility index (Phi) is 19.3. The average Bonchev–Trinajstić information content (AvgIpc) is 3.99. The maximum Gasteiger partial charge on any atom is 0.251 e. The van der Waals surface area contributed by atoms with Crippen LogP contribution in [0.25, 0.3) is 12.2 Å². The molecule has 9 atom stereocenters. The number of ketones is 1. The van der Waals surface area contributed by atoms with Crippen LogP contribution in [0.1, 0.15) is 159 Å². The lowest BCUT2D eigenvalue weighted by molar-refractivity contribution is -0.146. The first-order chi connectivity index (χ1) is 39.9. The number of nitrogens with one attached hydrogen (secondary N) is 5. The van der Waals surface area contributed by atoms with Crippen molar-refractivity contribution in [3.05, 3.63) is 177 Å². The number of carbonyl (C=O) groups is 7. The van der Waals surface area contributed by atoms with Crippen molar-refractivity contribution in [2.24, 2.45) is 17.3 Å². The minimum atomic E-state index is -0.916. The highest BCUT2D eigenvalue weighted by atomic mass is 16.2. The van der Waals surface area contributed by atoms with Crippen molar-refractivity contribution in [3.63, 3.8) is 0 Å². The van der Waals surface area contributed by atoms with Crippen molar-refractivity contribution in [2.75, 3.05) is 13.6 Å². The number of nitrogens with zero attached hydrogens (tertiary/aromatic N) is 2. The Bertz CT molecular complexity index is 3200. The molecule has 0 bridgehead atoms. The highest BCUT2D eigenvalue weighted by Gasteiger charge is 2.46. The SMILES string of the molecule is CC[C@@H](C)C(=O)N[C@@H](Cc1ccc(/C=C/c2ccc(C(=O)NC3CC(C(=O)N[C@@H]4CCCc5ccccc54)N(C(=O)[C@@H](CC(=O)[C@H](C)NC)C(C)(C)C)C3)cc2)cc1)C(=O)N1Cc2ccccc2CC1C(=O)N[C@@H]1CCCc2ccccc21. The van der Waals surface area contributed by atoms with E-state index in [1.807, 2.05) is 132 Å². The number of rotatable bonds is 19. The van der Waals surface area contributed by atoms with Crippen LogP contribution >= 0.6 is 0 Å². The summed E-state index contributed by atoms with van der Waals surface area (Å²) in [5, 5.41) is 15.8. The van der Waals surface area contributed by atoms with Gasteiger partial charge in [0.15, 0.2) is 0 Å². The topological polar surface area (TPSA) is 186 Å². The van der Waals surface area contributed by atoms with Crippen LogP contribution in [-0.4, -0.2) is 94.8 Å². The third-order valence-electron chi connectivity index (χ3n) is 17.8. The number of aryl methyl sites for hydroxylation is 2. The van der Waals surface area contributed by atoms with Gasteiger partial charge in [0.2, 0.25) is 29.5 Å². The fourth-order valence-electron chi connectivity index (χ4n) is 12.4. The van der Waals surface area contributed by atoms with Crippen LogP contribution in [-0.2, 0) is 61.0 Å². The molecule has 2 heterocycles. The Morgan fingerprint density at radius 1 is 0.639 bits per heavy atom. The van der Waals surface area contributed by atoms with Crippen LogP contribution < -0.4 is 26.6 Å². The summed E-state index contributed by atoms with van der Waals surface area (Å²) in [6.45, 7) is 11.8. The highest BCUT2D eigenvalue weighted by molar-refractivity contribution is 5.97. The second kappa shape index (κ2) is 26.7. The van der Waals surface area contributed by atoms with Crippen molar-refractivity contribution in [3.8, 4) is 0 Å². The van der Waals surface area contributed by atoms with Crippen molar-refractivity contribution < 1.29 is 33.6 Å². The summed E-state index contributed by atoms with van der Waals surface area (Å²) in [6.07, 6.45) is 10.8. The quantitative estimate of drug-likeness (QED) is 0.0507. The summed E-state index contributed by atoms with van der Waals surface area (Å²) >= 11 is 0. The van der Waals surface area contributed by atoms with E-state index in [-0.39, 0.29) is 91.6 Å². The van der Waals surface area contributed by atoms with E-state index in [2.05, 4.69) is 50.8 Å². The van der Waals surface area contributed by atoms with Crippen LogP contribution in [0.5, 0.6) is 0 Å². The number of carbonyl (C=O) groups excluding carboxylic acids is 7. The van der Waals surface area contributed by atoms with Crippen molar-refractivity contribution in [1.29, 1.82) is 0 Å². The van der Waals surface area contributed by atoms with Gasteiger partial charge in [0.25, 0.3) is 5.91 Å². The number of likely N-dealkylation sites (N-methyl/N-ethyl adjacent to an activating group) is 1. The lowest BCUT2D eigenvalue weighted by Crippen LogP contribution is -2.58. The van der Waals surface area contributed by atoms with Crippen LogP contribution in [0.15, 0.2) is 121 Å². The minimum absolute atomic E-state index is 0.0206. The molecule has 1 fully saturated rings. The summed E-state index contributed by atoms with van der Waals surface area (Å²) in [7, 11) is 1.72. The lowest BCUT2D eigenvalue weighted by Gasteiger charge is -2.39. The first-order valence-corrected chi connectivity index (χ1v) is 30.0. The zero-order valence-electron chi connectivity index (χ0n) is 49.3. The monoisotopic (exact) mass is 1120 g/mol. The van der Waals surface area contributed by atoms with Crippen molar-refractivity contribution in [2.45, 2.75) is 161 Å². The van der Waals surface area contributed by atoms with Crippen LogP contribution in [0, 0.1) is 17.3 Å². The molecule has 1 saturated heterocycles. The summed E-state index contributed by atoms with van der Waals surface area (Å²) < 4.78 is 0. The van der Waals surface area contributed by atoms with Gasteiger partial charge in [-0.25, -0.2) is 0 Å². The van der Waals surface area contributed by atoms with E-state index in [4.69, 9.17) is 0 Å². The van der Waals surface area contributed by atoms with E-state index < -0.39 is 41.5 Å². The first-order valence-electron chi connectivity index (χ1n) is 30.0. The largest absolute Gasteiger partial charge is 0.347 e. The molecule has 3 unspecified atom stereocenters. The molecule has 2 aliphatic heterocycles. The third-order valence-corrected chi connectivity index (χ3v) is 17.8. The molecule has 0 spiro atoms. The smallest absolute Gasteiger partial charge is 0.251 e. The summed E-state index contributed by atoms with van der Waals surface area (Å²) in [5.41, 5.74) is 9.10. The van der Waals surface area contributed by atoms with Crippen molar-refractivity contribution >= 4 is 53.4 Å². The number of amides is 6. The molecule has 14 heteroatoms.